The highest BCUT2D eigenvalue weighted by atomic mass is 32.2. The van der Waals surface area contributed by atoms with Gasteiger partial charge in [0.1, 0.15) is 4.90 Å². The predicted molar refractivity (Wildman–Crippen MR) is 75.9 cm³/mol. The standard InChI is InChI=1S/C12H19N3O2S2/c1-4-14-9(3)12(8(2)13-14)19(16,17)15-6-11-5-10(15)7-18-11/h10-11H,4-7H2,1-3H3. The molecule has 5 nitrogen and oxygen atoms in total. The predicted octanol–water partition coefficient (Wildman–Crippen LogP) is 1.40. The first-order valence-corrected chi connectivity index (χ1v) is 9.11. The Morgan fingerprint density at radius 2 is 2.16 bits per heavy atom. The number of sulfonamides is 1. The maximum Gasteiger partial charge on any atom is 0.247 e. The van der Waals surface area contributed by atoms with Gasteiger partial charge in [0.05, 0.1) is 11.4 Å². The van der Waals surface area contributed by atoms with Crippen LogP contribution in [0.5, 0.6) is 0 Å². The van der Waals surface area contributed by atoms with Crippen LogP contribution in [0.1, 0.15) is 24.7 Å². The summed E-state index contributed by atoms with van der Waals surface area (Å²) in [5.74, 6) is 0.934. The number of hydrogen-bond donors (Lipinski definition) is 0. The minimum atomic E-state index is -3.38. The fraction of sp³-hybridized carbons (Fsp3) is 0.750. The topological polar surface area (TPSA) is 55.2 Å². The van der Waals surface area contributed by atoms with Gasteiger partial charge in [-0.2, -0.15) is 21.2 Å². The molecular formula is C12H19N3O2S2. The van der Waals surface area contributed by atoms with E-state index in [1.807, 2.05) is 25.6 Å². The summed E-state index contributed by atoms with van der Waals surface area (Å²) in [6, 6.07) is 0.184. The van der Waals surface area contributed by atoms with E-state index < -0.39 is 10.0 Å². The fourth-order valence-electron chi connectivity index (χ4n) is 3.14. The van der Waals surface area contributed by atoms with Gasteiger partial charge in [-0.25, -0.2) is 8.42 Å². The maximum absolute atomic E-state index is 12.9. The molecule has 0 aromatic carbocycles. The van der Waals surface area contributed by atoms with Gasteiger partial charge in [0.2, 0.25) is 10.0 Å². The average molecular weight is 301 g/mol. The third-order valence-electron chi connectivity index (χ3n) is 4.03. The van der Waals surface area contributed by atoms with Crippen LogP contribution in [-0.2, 0) is 16.6 Å². The molecule has 106 valence electrons. The Kier molecular flexibility index (Phi) is 3.18. The van der Waals surface area contributed by atoms with Crippen molar-refractivity contribution >= 4 is 21.8 Å². The zero-order valence-electron chi connectivity index (χ0n) is 11.5. The van der Waals surface area contributed by atoms with Gasteiger partial charge < -0.3 is 0 Å². The molecule has 2 saturated heterocycles. The van der Waals surface area contributed by atoms with Gasteiger partial charge >= 0.3 is 0 Å². The van der Waals surface area contributed by atoms with Crippen molar-refractivity contribution in [1.29, 1.82) is 0 Å². The van der Waals surface area contributed by atoms with Gasteiger partial charge in [0.15, 0.2) is 0 Å². The maximum atomic E-state index is 12.9. The third kappa shape index (κ3) is 1.94. The Morgan fingerprint density at radius 3 is 2.63 bits per heavy atom. The Labute approximate surface area is 118 Å². The van der Waals surface area contributed by atoms with Crippen molar-refractivity contribution in [1.82, 2.24) is 14.1 Å². The normalized spacial score (nSPS) is 27.3. The van der Waals surface area contributed by atoms with Gasteiger partial charge in [-0.05, 0) is 27.2 Å². The highest BCUT2D eigenvalue weighted by molar-refractivity contribution is 8.00. The number of nitrogens with zero attached hydrogens (tertiary/aromatic N) is 3. The van der Waals surface area contributed by atoms with Crippen LogP contribution in [0.25, 0.3) is 0 Å². The molecule has 2 atom stereocenters. The molecule has 0 spiro atoms. The zero-order valence-corrected chi connectivity index (χ0v) is 13.1. The summed E-state index contributed by atoms with van der Waals surface area (Å²) in [6.45, 7) is 6.97. The number of fused-ring (bicyclic) bond motifs is 2. The van der Waals surface area contributed by atoms with E-state index in [4.69, 9.17) is 0 Å². The Morgan fingerprint density at radius 1 is 1.42 bits per heavy atom. The van der Waals surface area contributed by atoms with Crippen LogP contribution in [-0.4, -0.2) is 46.1 Å². The quantitative estimate of drug-likeness (QED) is 0.847. The lowest BCUT2D eigenvalue weighted by atomic mass is 10.3. The molecule has 3 rings (SSSR count). The molecule has 1 aromatic rings. The summed E-state index contributed by atoms with van der Waals surface area (Å²) in [7, 11) is -3.38. The fourth-order valence-corrected chi connectivity index (χ4v) is 6.82. The number of aromatic nitrogens is 2. The van der Waals surface area contributed by atoms with Gasteiger partial charge in [-0.1, -0.05) is 0 Å². The molecule has 0 radical (unpaired) electrons. The van der Waals surface area contributed by atoms with E-state index in [1.54, 1.807) is 15.9 Å². The molecule has 3 heterocycles. The summed E-state index contributed by atoms with van der Waals surface area (Å²) in [5.41, 5.74) is 1.38. The Bertz CT molecular complexity index is 609. The smallest absolute Gasteiger partial charge is 0.247 e. The third-order valence-corrected chi connectivity index (χ3v) is 7.59. The molecule has 2 fully saturated rings. The van der Waals surface area contributed by atoms with E-state index in [0.717, 1.165) is 17.9 Å². The lowest BCUT2D eigenvalue weighted by Crippen LogP contribution is -2.39. The van der Waals surface area contributed by atoms with Crippen LogP contribution in [0, 0.1) is 13.8 Å². The number of rotatable bonds is 3. The molecule has 2 bridgehead atoms. The van der Waals surface area contributed by atoms with Gasteiger partial charge in [-0.15, -0.1) is 0 Å². The van der Waals surface area contributed by atoms with Crippen molar-refractivity contribution in [3.05, 3.63) is 11.4 Å². The van der Waals surface area contributed by atoms with Crippen molar-refractivity contribution in [2.24, 2.45) is 0 Å². The van der Waals surface area contributed by atoms with Crippen molar-refractivity contribution in [3.63, 3.8) is 0 Å². The van der Waals surface area contributed by atoms with E-state index in [2.05, 4.69) is 5.10 Å². The zero-order chi connectivity index (χ0) is 13.8. The molecule has 0 saturated carbocycles. The van der Waals surface area contributed by atoms with Gasteiger partial charge in [-0.3, -0.25) is 4.68 Å². The first-order valence-electron chi connectivity index (χ1n) is 6.62. The van der Waals surface area contributed by atoms with Gasteiger partial charge in [0.25, 0.3) is 0 Å². The molecular weight excluding hydrogens is 282 g/mol. The average Bonchev–Trinajstić information content (AvgIpc) is 3.03. The Hall–Kier alpha value is -0.530. The van der Waals surface area contributed by atoms with Crippen LogP contribution in [0.3, 0.4) is 0 Å². The largest absolute Gasteiger partial charge is 0.268 e. The van der Waals surface area contributed by atoms with E-state index in [-0.39, 0.29) is 6.04 Å². The first kappa shape index (κ1) is 13.5. The molecule has 7 heteroatoms. The molecule has 0 aliphatic carbocycles. The van der Waals surface area contributed by atoms with Crippen LogP contribution < -0.4 is 0 Å². The summed E-state index contributed by atoms with van der Waals surface area (Å²) in [6.07, 6.45) is 1.00. The summed E-state index contributed by atoms with van der Waals surface area (Å²) in [5, 5.41) is 4.82. The molecule has 19 heavy (non-hydrogen) atoms. The molecule has 2 unspecified atom stereocenters. The van der Waals surface area contributed by atoms with E-state index in [0.29, 0.717) is 28.9 Å². The number of hydrogen-bond acceptors (Lipinski definition) is 4. The lowest BCUT2D eigenvalue weighted by molar-refractivity contribution is 0.409. The van der Waals surface area contributed by atoms with Crippen molar-refractivity contribution < 1.29 is 8.42 Å². The molecule has 0 amide bonds. The summed E-state index contributed by atoms with van der Waals surface area (Å²) < 4.78 is 29.2. The lowest BCUT2D eigenvalue weighted by Gasteiger charge is -2.25. The first-order chi connectivity index (χ1) is 8.95. The Balaban J connectivity index is 2.03. The minimum absolute atomic E-state index is 0.184. The SMILES string of the molecule is CCn1nc(C)c(S(=O)(=O)N2CC3CC2CS3)c1C. The summed E-state index contributed by atoms with van der Waals surface area (Å²) >= 11 is 1.90. The van der Waals surface area contributed by atoms with Crippen molar-refractivity contribution in [2.45, 2.75) is 49.9 Å². The minimum Gasteiger partial charge on any atom is -0.268 e. The summed E-state index contributed by atoms with van der Waals surface area (Å²) in [4.78, 5) is 0.423. The van der Waals surface area contributed by atoms with Crippen LogP contribution >= 0.6 is 11.8 Å². The number of aryl methyl sites for hydroxylation is 2. The highest BCUT2D eigenvalue weighted by Crippen LogP contribution is 2.41. The van der Waals surface area contributed by atoms with Crippen LogP contribution in [0.15, 0.2) is 4.90 Å². The van der Waals surface area contributed by atoms with E-state index in [9.17, 15) is 8.42 Å². The second kappa shape index (κ2) is 4.49. The van der Waals surface area contributed by atoms with Gasteiger partial charge in [0, 0.05) is 30.1 Å². The van der Waals surface area contributed by atoms with E-state index in [1.165, 1.54) is 0 Å². The molecule has 2 aliphatic rings. The highest BCUT2D eigenvalue weighted by Gasteiger charge is 2.46. The monoisotopic (exact) mass is 301 g/mol. The van der Waals surface area contributed by atoms with Crippen molar-refractivity contribution in [3.8, 4) is 0 Å². The molecule has 2 aliphatic heterocycles. The second-order valence-electron chi connectivity index (χ2n) is 5.24. The van der Waals surface area contributed by atoms with Crippen LogP contribution in [0.2, 0.25) is 0 Å². The number of thioether (sulfide) groups is 1. The second-order valence-corrected chi connectivity index (χ2v) is 8.40. The van der Waals surface area contributed by atoms with Crippen molar-refractivity contribution in [2.75, 3.05) is 12.3 Å². The van der Waals surface area contributed by atoms with E-state index >= 15 is 0 Å². The molecule has 0 N–H and O–H groups in total. The van der Waals surface area contributed by atoms with Crippen LogP contribution in [0.4, 0.5) is 0 Å². The molecule has 1 aromatic heterocycles.